The Morgan fingerprint density at radius 2 is 1.93 bits per heavy atom. The zero-order valence-corrected chi connectivity index (χ0v) is 16.4. The molecule has 1 aliphatic carbocycles. The molecule has 1 atom stereocenters. The van der Waals surface area contributed by atoms with Gasteiger partial charge < -0.3 is 24.0 Å². The van der Waals surface area contributed by atoms with Crippen molar-refractivity contribution in [2.45, 2.75) is 31.6 Å². The van der Waals surface area contributed by atoms with Crippen LogP contribution in [0.5, 0.6) is 0 Å². The number of ether oxygens (including phenoxy) is 2. The number of rotatable bonds is 5. The number of anilines is 1. The lowest BCUT2D eigenvalue weighted by Crippen LogP contribution is -2.41. The normalized spacial score (nSPS) is 21.1. The van der Waals surface area contributed by atoms with Crippen molar-refractivity contribution in [3.8, 4) is 0 Å². The molecular weight excluding hydrogens is 386 g/mol. The van der Waals surface area contributed by atoms with Gasteiger partial charge in [0.1, 0.15) is 17.1 Å². The monoisotopic (exact) mass is 408 g/mol. The highest BCUT2D eigenvalue weighted by molar-refractivity contribution is 5.94. The second kappa shape index (κ2) is 6.77. The Morgan fingerprint density at radius 1 is 1.28 bits per heavy atom. The molecule has 7 nitrogen and oxygen atoms in total. The minimum absolute atomic E-state index is 0.0705. The van der Waals surface area contributed by atoms with E-state index in [2.05, 4.69) is 0 Å². The zero-order chi connectivity index (χ0) is 21.1. The summed E-state index contributed by atoms with van der Waals surface area (Å²) in [4.78, 5) is 25.5. The number of methoxy groups -OCH3 is 2. The maximum Gasteiger partial charge on any atom is 0.341 e. The van der Waals surface area contributed by atoms with Crippen LogP contribution in [-0.2, 0) is 9.47 Å². The van der Waals surface area contributed by atoms with Crippen LogP contribution in [0.2, 0.25) is 0 Å². The summed E-state index contributed by atoms with van der Waals surface area (Å²) in [7, 11) is 2.96. The van der Waals surface area contributed by atoms with Crippen LogP contribution >= 0.6 is 0 Å². The zero-order valence-electron chi connectivity index (χ0n) is 16.4. The van der Waals surface area contributed by atoms with Crippen molar-refractivity contribution >= 4 is 22.6 Å². The molecule has 1 aliphatic heterocycles. The Hall–Kier alpha value is -2.52. The number of carbonyl (C=O) groups is 1. The van der Waals surface area contributed by atoms with Gasteiger partial charge in [-0.15, -0.1) is 0 Å². The van der Waals surface area contributed by atoms with Crippen molar-refractivity contribution in [3.63, 3.8) is 0 Å². The van der Waals surface area contributed by atoms with E-state index >= 15 is 8.78 Å². The third-order valence-electron chi connectivity index (χ3n) is 6.02. The van der Waals surface area contributed by atoms with Gasteiger partial charge in [-0.3, -0.25) is 4.79 Å². The van der Waals surface area contributed by atoms with Crippen LogP contribution in [-0.4, -0.2) is 48.7 Å². The molecule has 1 unspecified atom stereocenters. The lowest BCUT2D eigenvalue weighted by atomic mass is 10.1. The first-order valence-corrected chi connectivity index (χ1v) is 9.39. The molecule has 156 valence electrons. The van der Waals surface area contributed by atoms with E-state index in [1.54, 1.807) is 0 Å². The Labute approximate surface area is 165 Å². The van der Waals surface area contributed by atoms with Crippen molar-refractivity contribution < 1.29 is 28.2 Å². The van der Waals surface area contributed by atoms with Gasteiger partial charge in [-0.25, -0.2) is 13.6 Å². The summed E-state index contributed by atoms with van der Waals surface area (Å²) in [6.45, 7) is 2.27. The third kappa shape index (κ3) is 2.91. The Bertz CT molecular complexity index is 1060. The van der Waals surface area contributed by atoms with Gasteiger partial charge >= 0.3 is 5.97 Å². The summed E-state index contributed by atoms with van der Waals surface area (Å²) in [5.41, 5.74) is -1.73. The van der Waals surface area contributed by atoms with Gasteiger partial charge in [-0.2, -0.15) is 0 Å². The van der Waals surface area contributed by atoms with Crippen LogP contribution in [0.25, 0.3) is 10.9 Å². The standard InChI is InChI=1S/C20H22F2N2O5/c1-10-7-23(9-20(10,28-2)29-3)17-14(21)6-12-16(15(17)22)24(11-4-5-11)8-13(18(12)25)19(26)27/h6,8,10-11H,4-5,7,9H2,1-3H3,(H,26,27). The lowest BCUT2D eigenvalue weighted by Gasteiger charge is -2.30. The van der Waals surface area contributed by atoms with E-state index in [0.717, 1.165) is 25.1 Å². The van der Waals surface area contributed by atoms with Crippen LogP contribution in [0.1, 0.15) is 36.2 Å². The Balaban J connectivity index is 1.94. The molecule has 2 aliphatic rings. The number of aromatic carboxylic acids is 1. The van der Waals surface area contributed by atoms with E-state index < -0.39 is 34.4 Å². The van der Waals surface area contributed by atoms with Gasteiger partial charge in [0.2, 0.25) is 5.43 Å². The second-order valence-electron chi connectivity index (χ2n) is 7.73. The van der Waals surface area contributed by atoms with Crippen molar-refractivity contribution in [2.75, 3.05) is 32.2 Å². The quantitative estimate of drug-likeness (QED) is 0.767. The number of halogens is 2. The highest BCUT2D eigenvalue weighted by atomic mass is 19.1. The van der Waals surface area contributed by atoms with Crippen LogP contribution in [0, 0.1) is 17.6 Å². The first kappa shape index (κ1) is 19.8. The number of benzene rings is 1. The van der Waals surface area contributed by atoms with Gasteiger partial charge in [0, 0.05) is 38.9 Å². The van der Waals surface area contributed by atoms with Crippen LogP contribution in [0.4, 0.5) is 14.5 Å². The first-order chi connectivity index (χ1) is 13.7. The molecule has 9 heteroatoms. The Kier molecular flexibility index (Phi) is 4.62. The van der Waals surface area contributed by atoms with E-state index in [9.17, 15) is 14.7 Å². The number of aromatic nitrogens is 1. The van der Waals surface area contributed by atoms with Crippen molar-refractivity contribution in [2.24, 2.45) is 5.92 Å². The van der Waals surface area contributed by atoms with E-state index in [4.69, 9.17) is 9.47 Å². The number of fused-ring (bicyclic) bond motifs is 1. The fourth-order valence-corrected chi connectivity index (χ4v) is 4.26. The summed E-state index contributed by atoms with van der Waals surface area (Å²) in [6.07, 6.45) is 2.64. The molecule has 1 N–H and O–H groups in total. The predicted molar refractivity (Wildman–Crippen MR) is 101 cm³/mol. The van der Waals surface area contributed by atoms with Crippen LogP contribution < -0.4 is 10.3 Å². The largest absolute Gasteiger partial charge is 0.477 e. The smallest absolute Gasteiger partial charge is 0.341 e. The van der Waals surface area contributed by atoms with Crippen LogP contribution in [0.15, 0.2) is 17.1 Å². The summed E-state index contributed by atoms with van der Waals surface area (Å²) in [5.74, 6) is -4.39. The maximum absolute atomic E-state index is 15.7. The fourth-order valence-electron chi connectivity index (χ4n) is 4.26. The molecule has 2 fully saturated rings. The van der Waals surface area contributed by atoms with Gasteiger partial charge in [-0.1, -0.05) is 6.92 Å². The number of pyridine rings is 1. The molecule has 1 saturated heterocycles. The van der Waals surface area contributed by atoms with Crippen LogP contribution in [0.3, 0.4) is 0 Å². The summed E-state index contributed by atoms with van der Waals surface area (Å²) in [6, 6.07) is 0.824. The molecule has 0 radical (unpaired) electrons. The van der Waals surface area contributed by atoms with Gasteiger partial charge in [-0.05, 0) is 18.9 Å². The van der Waals surface area contributed by atoms with E-state index in [1.807, 2.05) is 6.92 Å². The predicted octanol–water partition coefficient (Wildman–Crippen LogP) is 2.76. The summed E-state index contributed by atoms with van der Waals surface area (Å²) >= 11 is 0. The highest BCUT2D eigenvalue weighted by Crippen LogP contribution is 2.41. The number of carboxylic acid groups (broad SMARTS) is 1. The molecule has 1 saturated carbocycles. The van der Waals surface area contributed by atoms with E-state index in [-0.39, 0.29) is 35.1 Å². The van der Waals surface area contributed by atoms with Gasteiger partial charge in [0.05, 0.1) is 17.4 Å². The molecule has 2 aromatic rings. The average molecular weight is 408 g/mol. The van der Waals surface area contributed by atoms with E-state index in [1.165, 1.54) is 23.7 Å². The SMILES string of the molecule is COC1(OC)CN(c2c(F)cc3c(=O)c(C(=O)O)cn(C4CC4)c3c2F)CC1C. The highest BCUT2D eigenvalue weighted by Gasteiger charge is 2.46. The molecule has 2 heterocycles. The minimum Gasteiger partial charge on any atom is -0.477 e. The van der Waals surface area contributed by atoms with E-state index in [0.29, 0.717) is 6.54 Å². The topological polar surface area (TPSA) is 81.0 Å². The number of hydrogen-bond acceptors (Lipinski definition) is 5. The average Bonchev–Trinajstić information content (AvgIpc) is 3.46. The van der Waals surface area contributed by atoms with Crippen molar-refractivity contribution in [1.29, 1.82) is 0 Å². The molecule has 4 rings (SSSR count). The van der Waals surface area contributed by atoms with Crippen molar-refractivity contribution in [1.82, 2.24) is 4.57 Å². The molecule has 29 heavy (non-hydrogen) atoms. The summed E-state index contributed by atoms with van der Waals surface area (Å²) in [5, 5.41) is 9.05. The molecule has 0 bridgehead atoms. The number of hydrogen-bond donors (Lipinski definition) is 1. The summed E-state index contributed by atoms with van der Waals surface area (Å²) < 4.78 is 43.1. The Morgan fingerprint density at radius 3 is 2.45 bits per heavy atom. The lowest BCUT2D eigenvalue weighted by molar-refractivity contribution is -0.213. The first-order valence-electron chi connectivity index (χ1n) is 9.39. The minimum atomic E-state index is -1.42. The van der Waals surface area contributed by atoms with Gasteiger partial charge in [0.25, 0.3) is 0 Å². The molecule has 1 aromatic carbocycles. The molecular formula is C20H22F2N2O5. The third-order valence-corrected chi connectivity index (χ3v) is 6.02. The van der Waals surface area contributed by atoms with Crippen molar-refractivity contribution in [3.05, 3.63) is 39.7 Å². The molecule has 0 amide bonds. The number of nitrogens with zero attached hydrogens (tertiary/aromatic N) is 2. The molecule has 1 aromatic heterocycles. The fraction of sp³-hybridized carbons (Fsp3) is 0.500. The van der Waals surface area contributed by atoms with Gasteiger partial charge in [0.15, 0.2) is 11.6 Å². The number of carboxylic acids is 1. The molecule has 0 spiro atoms. The maximum atomic E-state index is 15.7. The second-order valence-corrected chi connectivity index (χ2v) is 7.73.